The lowest BCUT2D eigenvalue weighted by Gasteiger charge is -2.26. The van der Waals surface area contributed by atoms with Gasteiger partial charge in [0.05, 0.1) is 0 Å². The Morgan fingerprint density at radius 1 is 1.07 bits per heavy atom. The molecule has 0 aliphatic rings. The van der Waals surface area contributed by atoms with Crippen molar-refractivity contribution in [2.75, 3.05) is 7.05 Å². The lowest BCUT2D eigenvalue weighted by atomic mass is 10.0. The number of hydrogen-bond acceptors (Lipinski definition) is 2. The summed E-state index contributed by atoms with van der Waals surface area (Å²) in [5.74, 6) is -0.597. The van der Waals surface area contributed by atoms with Crippen molar-refractivity contribution >= 4 is 23.4 Å². The van der Waals surface area contributed by atoms with Gasteiger partial charge in [-0.1, -0.05) is 37.6 Å². The highest BCUT2D eigenvalue weighted by molar-refractivity contribution is 6.30. The van der Waals surface area contributed by atoms with E-state index in [1.165, 1.54) is 12.1 Å². The predicted octanol–water partition coefficient (Wildman–Crippen LogP) is 4.28. The molecule has 0 aliphatic carbocycles. The van der Waals surface area contributed by atoms with Gasteiger partial charge in [-0.2, -0.15) is 0 Å². The van der Waals surface area contributed by atoms with Crippen LogP contribution in [0.4, 0.5) is 4.39 Å². The fourth-order valence-corrected chi connectivity index (χ4v) is 2.87. The molecule has 0 spiro atoms. The summed E-state index contributed by atoms with van der Waals surface area (Å²) < 4.78 is 13.0. The largest absolute Gasteiger partial charge is 0.340 e. The number of halogens is 2. The van der Waals surface area contributed by atoms with E-state index in [1.54, 1.807) is 48.3 Å². The molecule has 6 heteroatoms. The van der Waals surface area contributed by atoms with Gasteiger partial charge in [-0.15, -0.1) is 0 Å². The van der Waals surface area contributed by atoms with E-state index in [0.29, 0.717) is 23.6 Å². The lowest BCUT2D eigenvalue weighted by Crippen LogP contribution is -2.47. The Labute approximate surface area is 164 Å². The molecule has 0 bridgehead atoms. The molecule has 2 amide bonds. The van der Waals surface area contributed by atoms with Crippen LogP contribution in [-0.4, -0.2) is 29.8 Å². The van der Waals surface area contributed by atoms with E-state index in [0.717, 1.165) is 5.56 Å². The second-order valence-corrected chi connectivity index (χ2v) is 7.42. The number of rotatable bonds is 7. The maximum absolute atomic E-state index is 13.0. The van der Waals surface area contributed by atoms with Crippen LogP contribution in [0.2, 0.25) is 5.02 Å². The molecule has 0 aliphatic heterocycles. The summed E-state index contributed by atoms with van der Waals surface area (Å²) in [5, 5.41) is 3.37. The molecule has 0 fully saturated rings. The minimum atomic E-state index is -0.640. The van der Waals surface area contributed by atoms with Crippen LogP contribution in [0.5, 0.6) is 0 Å². The third kappa shape index (κ3) is 6.36. The standard InChI is InChI=1S/C21H24ClFN2O2/c1-14(2)12-19(24-20(26)16-6-8-17(22)9-7-16)21(27)25(3)13-15-4-10-18(23)11-5-15/h4-11,14,19H,12-13H2,1-3H3,(H,24,26). The summed E-state index contributed by atoms with van der Waals surface area (Å²) in [5.41, 5.74) is 1.27. The number of benzene rings is 2. The summed E-state index contributed by atoms with van der Waals surface area (Å²) in [6, 6.07) is 11.9. The summed E-state index contributed by atoms with van der Waals surface area (Å²) in [4.78, 5) is 26.9. The van der Waals surface area contributed by atoms with Gasteiger partial charge in [0.1, 0.15) is 11.9 Å². The first-order valence-corrected chi connectivity index (χ1v) is 9.20. The average Bonchev–Trinajstić information content (AvgIpc) is 2.62. The van der Waals surface area contributed by atoms with E-state index < -0.39 is 6.04 Å². The Balaban J connectivity index is 2.08. The number of amides is 2. The van der Waals surface area contributed by atoms with Crippen molar-refractivity contribution < 1.29 is 14.0 Å². The average molecular weight is 391 g/mol. The van der Waals surface area contributed by atoms with Crippen LogP contribution in [0, 0.1) is 11.7 Å². The van der Waals surface area contributed by atoms with Crippen molar-refractivity contribution in [1.29, 1.82) is 0 Å². The Morgan fingerprint density at radius 2 is 1.67 bits per heavy atom. The Kier molecular flexibility index (Phi) is 7.36. The van der Waals surface area contributed by atoms with Gasteiger partial charge >= 0.3 is 0 Å². The quantitative estimate of drug-likeness (QED) is 0.767. The summed E-state index contributed by atoms with van der Waals surface area (Å²) in [6.45, 7) is 4.33. The van der Waals surface area contributed by atoms with Gasteiger partial charge in [0.15, 0.2) is 0 Å². The van der Waals surface area contributed by atoms with Crippen LogP contribution in [0.15, 0.2) is 48.5 Å². The second-order valence-electron chi connectivity index (χ2n) is 6.98. The van der Waals surface area contributed by atoms with Gasteiger partial charge in [-0.25, -0.2) is 4.39 Å². The maximum Gasteiger partial charge on any atom is 0.251 e. The summed E-state index contributed by atoms with van der Waals surface area (Å²) in [7, 11) is 1.67. The Hall–Kier alpha value is -2.40. The zero-order valence-electron chi connectivity index (χ0n) is 15.7. The van der Waals surface area contributed by atoms with Crippen LogP contribution < -0.4 is 5.32 Å². The molecule has 0 radical (unpaired) electrons. The molecule has 27 heavy (non-hydrogen) atoms. The monoisotopic (exact) mass is 390 g/mol. The van der Waals surface area contributed by atoms with Crippen molar-refractivity contribution in [2.45, 2.75) is 32.9 Å². The molecule has 2 rings (SSSR count). The minimum Gasteiger partial charge on any atom is -0.340 e. The van der Waals surface area contributed by atoms with E-state index in [2.05, 4.69) is 5.32 Å². The van der Waals surface area contributed by atoms with E-state index in [1.807, 2.05) is 13.8 Å². The van der Waals surface area contributed by atoms with Gasteiger partial charge < -0.3 is 10.2 Å². The van der Waals surface area contributed by atoms with Crippen molar-refractivity contribution in [3.8, 4) is 0 Å². The van der Waals surface area contributed by atoms with Gasteiger partial charge in [-0.3, -0.25) is 9.59 Å². The Bertz CT molecular complexity index is 776. The van der Waals surface area contributed by atoms with Crippen LogP contribution in [0.25, 0.3) is 0 Å². The van der Waals surface area contributed by atoms with Gasteiger partial charge in [0, 0.05) is 24.2 Å². The molecule has 4 nitrogen and oxygen atoms in total. The molecule has 1 unspecified atom stereocenters. The SMILES string of the molecule is CC(C)CC(NC(=O)c1ccc(Cl)cc1)C(=O)N(C)Cc1ccc(F)cc1. The zero-order valence-corrected chi connectivity index (χ0v) is 16.5. The molecule has 0 aromatic heterocycles. The van der Waals surface area contributed by atoms with Crippen molar-refractivity contribution in [2.24, 2.45) is 5.92 Å². The smallest absolute Gasteiger partial charge is 0.251 e. The fourth-order valence-electron chi connectivity index (χ4n) is 2.74. The number of nitrogens with zero attached hydrogens (tertiary/aromatic N) is 1. The molecule has 0 heterocycles. The normalized spacial score (nSPS) is 11.9. The number of nitrogens with one attached hydrogen (secondary N) is 1. The third-order valence-electron chi connectivity index (χ3n) is 4.13. The Morgan fingerprint density at radius 3 is 2.22 bits per heavy atom. The van der Waals surface area contributed by atoms with E-state index in [9.17, 15) is 14.0 Å². The van der Waals surface area contributed by atoms with E-state index in [-0.39, 0.29) is 23.5 Å². The molecule has 2 aromatic carbocycles. The highest BCUT2D eigenvalue weighted by Crippen LogP contribution is 2.13. The maximum atomic E-state index is 13.0. The third-order valence-corrected chi connectivity index (χ3v) is 4.38. The van der Waals surface area contributed by atoms with Crippen molar-refractivity contribution in [3.63, 3.8) is 0 Å². The second kappa shape index (κ2) is 9.51. The zero-order chi connectivity index (χ0) is 20.0. The number of hydrogen-bond donors (Lipinski definition) is 1. The molecule has 0 saturated carbocycles. The number of likely N-dealkylation sites (N-methyl/N-ethyl adjacent to an activating group) is 1. The first-order chi connectivity index (χ1) is 12.8. The van der Waals surface area contributed by atoms with Gasteiger partial charge in [-0.05, 0) is 54.3 Å². The van der Waals surface area contributed by atoms with E-state index in [4.69, 9.17) is 11.6 Å². The van der Waals surface area contributed by atoms with Crippen LogP contribution >= 0.6 is 11.6 Å². The molecule has 1 atom stereocenters. The molecular weight excluding hydrogens is 367 g/mol. The van der Waals surface area contributed by atoms with Crippen LogP contribution in [0.3, 0.4) is 0 Å². The fraction of sp³-hybridized carbons (Fsp3) is 0.333. The number of carbonyl (C=O) groups is 2. The highest BCUT2D eigenvalue weighted by Gasteiger charge is 2.25. The molecule has 1 N–H and O–H groups in total. The molecular formula is C21H24ClFN2O2. The van der Waals surface area contributed by atoms with Crippen LogP contribution in [0.1, 0.15) is 36.2 Å². The minimum absolute atomic E-state index is 0.185. The van der Waals surface area contributed by atoms with Crippen LogP contribution in [-0.2, 0) is 11.3 Å². The van der Waals surface area contributed by atoms with Gasteiger partial charge in [0.25, 0.3) is 5.91 Å². The molecule has 144 valence electrons. The predicted molar refractivity (Wildman–Crippen MR) is 105 cm³/mol. The topological polar surface area (TPSA) is 49.4 Å². The first-order valence-electron chi connectivity index (χ1n) is 8.82. The summed E-state index contributed by atoms with van der Waals surface area (Å²) >= 11 is 5.85. The molecule has 2 aromatic rings. The first kappa shape index (κ1) is 20.9. The van der Waals surface area contributed by atoms with Crippen molar-refractivity contribution in [1.82, 2.24) is 10.2 Å². The summed E-state index contributed by atoms with van der Waals surface area (Å²) in [6.07, 6.45) is 0.520. The van der Waals surface area contributed by atoms with Gasteiger partial charge in [0.2, 0.25) is 5.91 Å². The molecule has 0 saturated heterocycles. The number of carbonyl (C=O) groups excluding carboxylic acids is 2. The van der Waals surface area contributed by atoms with E-state index >= 15 is 0 Å². The van der Waals surface area contributed by atoms with Crippen molar-refractivity contribution in [3.05, 3.63) is 70.5 Å². The lowest BCUT2D eigenvalue weighted by molar-refractivity contribution is -0.132. The highest BCUT2D eigenvalue weighted by atomic mass is 35.5.